The number of benzene rings is 1. The van der Waals surface area contributed by atoms with Crippen LogP contribution in [0.1, 0.15) is 43.9 Å². The Morgan fingerprint density at radius 3 is 2.50 bits per heavy atom. The van der Waals surface area contributed by atoms with E-state index in [-0.39, 0.29) is 18.7 Å². The highest BCUT2D eigenvalue weighted by atomic mass is 16.3. The van der Waals surface area contributed by atoms with Crippen molar-refractivity contribution >= 4 is 6.03 Å². The van der Waals surface area contributed by atoms with Crippen molar-refractivity contribution in [1.29, 1.82) is 0 Å². The van der Waals surface area contributed by atoms with Crippen molar-refractivity contribution < 1.29 is 9.90 Å². The molecule has 1 aromatic rings. The second kappa shape index (κ2) is 5.83. The maximum absolute atomic E-state index is 12.1. The summed E-state index contributed by atoms with van der Waals surface area (Å²) in [6, 6.07) is 7.83. The molecule has 1 saturated carbocycles. The lowest BCUT2D eigenvalue weighted by molar-refractivity contribution is 0.154. The quantitative estimate of drug-likeness (QED) is 0.774. The zero-order chi connectivity index (χ0) is 14.8. The second-order valence-electron chi connectivity index (χ2n) is 6.08. The first kappa shape index (κ1) is 14.9. The van der Waals surface area contributed by atoms with Gasteiger partial charge in [0.25, 0.3) is 0 Å². The fourth-order valence-corrected chi connectivity index (χ4v) is 2.42. The number of urea groups is 1. The van der Waals surface area contributed by atoms with Crippen molar-refractivity contribution in [2.45, 2.75) is 45.2 Å². The van der Waals surface area contributed by atoms with Crippen LogP contribution in [0, 0.1) is 12.8 Å². The van der Waals surface area contributed by atoms with E-state index in [1.807, 2.05) is 45.0 Å². The lowest BCUT2D eigenvalue weighted by Crippen LogP contribution is -2.54. The van der Waals surface area contributed by atoms with E-state index in [1.165, 1.54) is 5.56 Å². The van der Waals surface area contributed by atoms with Gasteiger partial charge in [-0.2, -0.15) is 0 Å². The van der Waals surface area contributed by atoms with Crippen LogP contribution in [-0.4, -0.2) is 23.3 Å². The van der Waals surface area contributed by atoms with E-state index >= 15 is 0 Å². The molecule has 0 radical (unpaired) electrons. The van der Waals surface area contributed by atoms with Gasteiger partial charge >= 0.3 is 6.03 Å². The Bertz CT molecular complexity index is 468. The van der Waals surface area contributed by atoms with Crippen LogP contribution in [0.5, 0.6) is 0 Å². The van der Waals surface area contributed by atoms with Crippen LogP contribution in [0.2, 0.25) is 0 Å². The van der Waals surface area contributed by atoms with E-state index in [0.717, 1.165) is 18.4 Å². The van der Waals surface area contributed by atoms with Crippen molar-refractivity contribution in [1.82, 2.24) is 10.6 Å². The number of nitrogens with one attached hydrogen (secondary N) is 2. The van der Waals surface area contributed by atoms with Crippen molar-refractivity contribution in [3.8, 4) is 0 Å². The number of hydrogen-bond donors (Lipinski definition) is 3. The van der Waals surface area contributed by atoms with Crippen molar-refractivity contribution in [2.24, 2.45) is 5.92 Å². The predicted octanol–water partition coefficient (Wildman–Crippen LogP) is 2.52. The summed E-state index contributed by atoms with van der Waals surface area (Å²) in [4.78, 5) is 12.1. The van der Waals surface area contributed by atoms with Gasteiger partial charge in [-0.15, -0.1) is 0 Å². The van der Waals surface area contributed by atoms with E-state index < -0.39 is 5.54 Å². The maximum atomic E-state index is 12.1. The first-order valence-corrected chi connectivity index (χ1v) is 7.21. The van der Waals surface area contributed by atoms with Crippen LogP contribution in [0.4, 0.5) is 4.79 Å². The molecule has 1 aromatic carbocycles. The number of rotatable bonds is 5. The molecule has 1 aliphatic carbocycles. The van der Waals surface area contributed by atoms with Crippen LogP contribution < -0.4 is 10.6 Å². The Kier molecular flexibility index (Phi) is 4.33. The molecule has 2 unspecified atom stereocenters. The number of amides is 2. The molecule has 0 heterocycles. The third kappa shape index (κ3) is 3.51. The Hall–Kier alpha value is -1.55. The van der Waals surface area contributed by atoms with Crippen LogP contribution in [0.25, 0.3) is 0 Å². The Morgan fingerprint density at radius 1 is 1.40 bits per heavy atom. The van der Waals surface area contributed by atoms with Gasteiger partial charge in [0.2, 0.25) is 0 Å². The smallest absolute Gasteiger partial charge is 0.315 e. The van der Waals surface area contributed by atoms with Gasteiger partial charge in [-0.3, -0.25) is 0 Å². The summed E-state index contributed by atoms with van der Waals surface area (Å²) in [5.74, 6) is 0.396. The average Bonchev–Trinajstić information content (AvgIpc) is 3.23. The highest BCUT2D eigenvalue weighted by Gasteiger charge is 2.42. The number of aliphatic hydroxyl groups is 1. The summed E-state index contributed by atoms with van der Waals surface area (Å²) in [5, 5.41) is 15.3. The van der Waals surface area contributed by atoms with Crippen LogP contribution in [0.15, 0.2) is 24.3 Å². The molecule has 3 N–H and O–H groups in total. The van der Waals surface area contributed by atoms with E-state index in [0.29, 0.717) is 5.92 Å². The zero-order valence-electron chi connectivity index (χ0n) is 12.4. The predicted molar refractivity (Wildman–Crippen MR) is 79.5 cm³/mol. The highest BCUT2D eigenvalue weighted by molar-refractivity contribution is 5.75. The molecular formula is C16H24N2O2. The molecule has 0 bridgehead atoms. The van der Waals surface area contributed by atoms with E-state index in [1.54, 1.807) is 0 Å². The minimum atomic E-state index is -0.503. The number of hydrogen-bond acceptors (Lipinski definition) is 2. The van der Waals surface area contributed by atoms with Crippen LogP contribution in [0.3, 0.4) is 0 Å². The van der Waals surface area contributed by atoms with E-state index in [4.69, 9.17) is 0 Å². The fourth-order valence-electron chi connectivity index (χ4n) is 2.42. The number of carbonyl (C=O) groups is 1. The molecule has 2 rings (SSSR count). The second-order valence-corrected chi connectivity index (χ2v) is 6.08. The topological polar surface area (TPSA) is 61.4 Å². The summed E-state index contributed by atoms with van der Waals surface area (Å²) in [6.07, 6.45) is 2.15. The van der Waals surface area contributed by atoms with Crippen molar-refractivity contribution in [3.05, 3.63) is 35.4 Å². The summed E-state index contributed by atoms with van der Waals surface area (Å²) < 4.78 is 0. The third-order valence-corrected chi connectivity index (χ3v) is 4.13. The van der Waals surface area contributed by atoms with Gasteiger partial charge in [-0.1, -0.05) is 29.8 Å². The minimum Gasteiger partial charge on any atom is -0.394 e. The lowest BCUT2D eigenvalue weighted by Gasteiger charge is -2.29. The van der Waals surface area contributed by atoms with E-state index in [9.17, 15) is 9.90 Å². The van der Waals surface area contributed by atoms with Crippen LogP contribution >= 0.6 is 0 Å². The largest absolute Gasteiger partial charge is 0.394 e. The fraction of sp³-hybridized carbons (Fsp3) is 0.562. The molecule has 0 saturated heterocycles. The molecule has 0 aromatic heterocycles. The SMILES string of the molecule is Cc1ccc(C(C)NC(=O)NC(C)(CO)C2CC2)cc1. The van der Waals surface area contributed by atoms with Gasteiger partial charge in [-0.05, 0) is 45.1 Å². The Morgan fingerprint density at radius 2 is 2.00 bits per heavy atom. The summed E-state index contributed by atoms with van der Waals surface area (Å²) in [5.41, 5.74) is 1.77. The van der Waals surface area contributed by atoms with Crippen molar-refractivity contribution in [3.63, 3.8) is 0 Å². The van der Waals surface area contributed by atoms with Gasteiger partial charge in [0.15, 0.2) is 0 Å². The van der Waals surface area contributed by atoms with Gasteiger partial charge in [0.1, 0.15) is 0 Å². The third-order valence-electron chi connectivity index (χ3n) is 4.13. The molecule has 0 aliphatic heterocycles. The maximum Gasteiger partial charge on any atom is 0.315 e. The standard InChI is InChI=1S/C16H24N2O2/c1-11-4-6-13(7-5-11)12(2)17-15(20)18-16(3,10-19)14-8-9-14/h4-7,12,14,19H,8-10H2,1-3H3,(H2,17,18,20). The minimum absolute atomic E-state index is 0.0238. The van der Waals surface area contributed by atoms with E-state index in [2.05, 4.69) is 10.6 Å². The summed E-state index contributed by atoms with van der Waals surface area (Å²) in [7, 11) is 0. The van der Waals surface area contributed by atoms with Crippen LogP contribution in [-0.2, 0) is 0 Å². The highest BCUT2D eigenvalue weighted by Crippen LogP contribution is 2.39. The molecule has 1 fully saturated rings. The molecule has 0 spiro atoms. The molecule has 4 heteroatoms. The molecule has 110 valence electrons. The van der Waals surface area contributed by atoms with Crippen molar-refractivity contribution in [2.75, 3.05) is 6.61 Å². The Balaban J connectivity index is 1.92. The number of carbonyl (C=O) groups excluding carboxylic acids is 1. The van der Waals surface area contributed by atoms with Gasteiger partial charge in [0.05, 0.1) is 18.2 Å². The summed E-state index contributed by atoms with van der Waals surface area (Å²) in [6.45, 7) is 5.87. The molecule has 20 heavy (non-hydrogen) atoms. The molecule has 1 aliphatic rings. The van der Waals surface area contributed by atoms with Gasteiger partial charge < -0.3 is 15.7 Å². The zero-order valence-corrected chi connectivity index (χ0v) is 12.4. The van der Waals surface area contributed by atoms with Gasteiger partial charge in [0, 0.05) is 0 Å². The molecule has 2 amide bonds. The average molecular weight is 276 g/mol. The Labute approximate surface area is 120 Å². The first-order valence-electron chi connectivity index (χ1n) is 7.21. The first-order chi connectivity index (χ1) is 9.44. The van der Waals surface area contributed by atoms with Gasteiger partial charge in [-0.25, -0.2) is 4.79 Å². The monoisotopic (exact) mass is 276 g/mol. The number of aliphatic hydroxyl groups excluding tert-OH is 1. The normalized spacial score (nSPS) is 19.0. The summed E-state index contributed by atoms with van der Waals surface area (Å²) >= 11 is 0. The number of aryl methyl sites for hydroxylation is 1. The molecule has 2 atom stereocenters. The lowest BCUT2D eigenvalue weighted by atomic mass is 9.97. The molecule has 4 nitrogen and oxygen atoms in total. The molecular weight excluding hydrogens is 252 g/mol.